The highest BCUT2D eigenvalue weighted by Crippen LogP contribution is 2.29. The van der Waals surface area contributed by atoms with E-state index in [9.17, 15) is 23.2 Å². The number of halogens is 4. The van der Waals surface area contributed by atoms with Crippen LogP contribution in [0.1, 0.15) is 26.2 Å². The summed E-state index contributed by atoms with van der Waals surface area (Å²) in [6.07, 6.45) is -0.0137. The van der Waals surface area contributed by atoms with E-state index in [2.05, 4.69) is 5.32 Å². The number of hydrogen-bond donors (Lipinski definition) is 1. The average Bonchev–Trinajstić information content (AvgIpc) is 2.86. The van der Waals surface area contributed by atoms with Crippen LogP contribution < -0.4 is 14.8 Å². The van der Waals surface area contributed by atoms with Crippen LogP contribution in [-0.4, -0.2) is 49.8 Å². The van der Waals surface area contributed by atoms with Crippen LogP contribution in [0.4, 0.5) is 8.78 Å². The van der Waals surface area contributed by atoms with Gasteiger partial charge in [0.15, 0.2) is 13.2 Å². The molecule has 0 bridgehead atoms. The predicted octanol–water partition coefficient (Wildman–Crippen LogP) is 4.49. The lowest BCUT2D eigenvalue weighted by Crippen LogP contribution is -2.51. The van der Waals surface area contributed by atoms with Gasteiger partial charge in [0.25, 0.3) is 5.91 Å². The number of rotatable bonds is 10. The Labute approximate surface area is 222 Å². The molecule has 0 unspecified atom stereocenters. The molecular formula is C25H25Cl2F2NO7. The molecule has 200 valence electrons. The normalized spacial score (nSPS) is 19.0. The van der Waals surface area contributed by atoms with Crippen molar-refractivity contribution >= 4 is 41.0 Å². The quantitative estimate of drug-likeness (QED) is 0.428. The molecule has 0 spiro atoms. The Morgan fingerprint density at radius 2 is 1.54 bits per heavy atom. The maximum atomic E-state index is 13.6. The molecular weight excluding hydrogens is 535 g/mol. The molecule has 8 nitrogen and oxygen atoms in total. The summed E-state index contributed by atoms with van der Waals surface area (Å²) in [5, 5.41) is 2.56. The molecule has 0 heterocycles. The van der Waals surface area contributed by atoms with Crippen molar-refractivity contribution in [3.8, 4) is 11.5 Å². The number of amides is 1. The van der Waals surface area contributed by atoms with Gasteiger partial charge < -0.3 is 24.3 Å². The topological polar surface area (TPSA) is 100 Å². The van der Waals surface area contributed by atoms with Crippen LogP contribution in [0.2, 0.25) is 10.0 Å². The molecule has 1 saturated carbocycles. The molecule has 1 amide bonds. The molecule has 3 rings (SSSR count). The van der Waals surface area contributed by atoms with Gasteiger partial charge in [-0.1, -0.05) is 23.2 Å². The fourth-order valence-electron chi connectivity index (χ4n) is 3.77. The van der Waals surface area contributed by atoms with Crippen molar-refractivity contribution in [3.63, 3.8) is 0 Å². The first-order valence-electron chi connectivity index (χ1n) is 11.5. The van der Waals surface area contributed by atoms with E-state index >= 15 is 0 Å². The third-order valence-electron chi connectivity index (χ3n) is 5.55. The number of benzene rings is 2. The van der Waals surface area contributed by atoms with Gasteiger partial charge in [0, 0.05) is 12.1 Å². The van der Waals surface area contributed by atoms with Gasteiger partial charge in [-0.25, -0.2) is 13.6 Å². The van der Waals surface area contributed by atoms with Gasteiger partial charge in [-0.3, -0.25) is 9.59 Å². The molecule has 0 aliphatic heterocycles. The van der Waals surface area contributed by atoms with Crippen LogP contribution in [0.25, 0.3) is 0 Å². The van der Waals surface area contributed by atoms with Gasteiger partial charge >= 0.3 is 11.9 Å². The molecule has 0 saturated heterocycles. The Morgan fingerprint density at radius 1 is 0.946 bits per heavy atom. The summed E-state index contributed by atoms with van der Waals surface area (Å²) in [5.74, 6) is -3.47. The van der Waals surface area contributed by atoms with E-state index in [0.29, 0.717) is 12.8 Å². The number of ether oxygens (including phenoxy) is 4. The molecule has 2 aromatic carbocycles. The third kappa shape index (κ3) is 8.46. The highest BCUT2D eigenvalue weighted by molar-refractivity contribution is 6.31. The number of carbonyl (C=O) groups excluding carboxylic acids is 3. The number of hydrogen-bond acceptors (Lipinski definition) is 7. The van der Waals surface area contributed by atoms with Crippen LogP contribution in [0, 0.1) is 17.6 Å². The Balaban J connectivity index is 1.59. The summed E-state index contributed by atoms with van der Waals surface area (Å²) < 4.78 is 48.4. The minimum Gasteiger partial charge on any atom is -0.484 e. The second-order valence-electron chi connectivity index (χ2n) is 8.19. The van der Waals surface area contributed by atoms with Gasteiger partial charge in [0.05, 0.1) is 28.6 Å². The second kappa shape index (κ2) is 13.4. The third-order valence-corrected chi connectivity index (χ3v) is 6.16. The van der Waals surface area contributed by atoms with Gasteiger partial charge in [-0.2, -0.15) is 0 Å². The lowest BCUT2D eigenvalue weighted by atomic mass is 9.83. The second-order valence-corrected chi connectivity index (χ2v) is 9.01. The highest BCUT2D eigenvalue weighted by Gasteiger charge is 2.38. The molecule has 1 N–H and O–H groups in total. The van der Waals surface area contributed by atoms with Crippen molar-refractivity contribution in [3.05, 3.63) is 58.1 Å². The maximum absolute atomic E-state index is 13.6. The first-order chi connectivity index (χ1) is 17.7. The van der Waals surface area contributed by atoms with E-state index in [1.807, 2.05) is 0 Å². The summed E-state index contributed by atoms with van der Waals surface area (Å²) in [6.45, 7) is 0.928. The Morgan fingerprint density at radius 3 is 2.11 bits per heavy atom. The maximum Gasteiger partial charge on any atom is 0.344 e. The minimum atomic E-state index is -0.863. The van der Waals surface area contributed by atoms with Crippen LogP contribution >= 0.6 is 23.2 Å². The summed E-state index contributed by atoms with van der Waals surface area (Å²) >= 11 is 11.3. The van der Waals surface area contributed by atoms with Gasteiger partial charge in [0.1, 0.15) is 29.2 Å². The van der Waals surface area contributed by atoms with E-state index in [0.717, 1.165) is 12.1 Å². The largest absolute Gasteiger partial charge is 0.484 e. The Hall–Kier alpha value is -3.11. The van der Waals surface area contributed by atoms with Gasteiger partial charge in [0.2, 0.25) is 0 Å². The smallest absolute Gasteiger partial charge is 0.344 e. The van der Waals surface area contributed by atoms with Crippen molar-refractivity contribution in [2.45, 2.75) is 38.3 Å². The van der Waals surface area contributed by atoms with Crippen molar-refractivity contribution in [2.75, 3.05) is 19.8 Å². The van der Waals surface area contributed by atoms with Crippen LogP contribution in [-0.2, 0) is 23.9 Å². The minimum absolute atomic E-state index is 0.0764. The predicted molar refractivity (Wildman–Crippen MR) is 130 cm³/mol. The molecule has 0 aromatic heterocycles. The van der Waals surface area contributed by atoms with E-state index in [-0.39, 0.29) is 34.6 Å². The summed E-state index contributed by atoms with van der Waals surface area (Å²) in [4.78, 5) is 37.2. The molecule has 3 atom stereocenters. The van der Waals surface area contributed by atoms with Crippen LogP contribution in [0.15, 0.2) is 36.4 Å². The zero-order valence-corrected chi connectivity index (χ0v) is 21.3. The lowest BCUT2D eigenvalue weighted by Gasteiger charge is -2.35. The lowest BCUT2D eigenvalue weighted by molar-refractivity contribution is -0.161. The fraction of sp³-hybridized carbons (Fsp3) is 0.400. The number of carbonyl (C=O) groups is 3. The molecule has 1 aliphatic rings. The molecule has 1 aliphatic carbocycles. The molecule has 1 fully saturated rings. The summed E-state index contributed by atoms with van der Waals surface area (Å²) in [7, 11) is 0. The van der Waals surface area contributed by atoms with E-state index < -0.39 is 60.8 Å². The van der Waals surface area contributed by atoms with Crippen molar-refractivity contribution < 1.29 is 42.1 Å². The summed E-state index contributed by atoms with van der Waals surface area (Å²) in [5.41, 5.74) is 0. The van der Waals surface area contributed by atoms with Crippen molar-refractivity contribution in [1.29, 1.82) is 0 Å². The zero-order chi connectivity index (χ0) is 26.9. The van der Waals surface area contributed by atoms with Gasteiger partial charge in [-0.15, -0.1) is 0 Å². The number of esters is 2. The van der Waals surface area contributed by atoms with Crippen molar-refractivity contribution in [1.82, 2.24) is 5.32 Å². The van der Waals surface area contributed by atoms with E-state index in [1.54, 1.807) is 6.92 Å². The zero-order valence-electron chi connectivity index (χ0n) is 19.8. The first kappa shape index (κ1) is 28.5. The fourth-order valence-corrected chi connectivity index (χ4v) is 4.01. The molecule has 2 aromatic rings. The highest BCUT2D eigenvalue weighted by atomic mass is 35.5. The Bertz CT molecular complexity index is 1130. The molecule has 12 heteroatoms. The monoisotopic (exact) mass is 559 g/mol. The number of nitrogens with one attached hydrogen (secondary N) is 1. The summed E-state index contributed by atoms with van der Waals surface area (Å²) in [6, 6.07) is 6.86. The van der Waals surface area contributed by atoms with E-state index in [4.69, 9.17) is 42.1 Å². The first-order valence-corrected chi connectivity index (χ1v) is 12.2. The Kier molecular flexibility index (Phi) is 10.3. The van der Waals surface area contributed by atoms with Gasteiger partial charge in [-0.05, 0) is 50.5 Å². The van der Waals surface area contributed by atoms with E-state index in [1.165, 1.54) is 24.3 Å². The average molecular weight is 560 g/mol. The van der Waals surface area contributed by atoms with Crippen LogP contribution in [0.5, 0.6) is 11.5 Å². The standard InChI is InChI=1S/C25H25Cl2F2NO7/c1-2-34-25(33)14-3-8-21(30-23(31)12-35-15-4-6-17(26)19(28)10-15)22(9-14)37-24(32)13-36-16-5-7-18(27)20(29)11-16/h4-7,10-11,14,21-22H,2-3,8-9,12-13H2,1H3,(H,30,31)/t14-,21-,22-/m0/s1. The molecule has 0 radical (unpaired) electrons. The van der Waals surface area contributed by atoms with Crippen molar-refractivity contribution in [2.24, 2.45) is 5.92 Å². The SMILES string of the molecule is CCOC(=O)[C@H]1CC[C@H](NC(=O)COc2ccc(Cl)c(F)c2)[C@@H](OC(=O)COc2ccc(Cl)c(F)c2)C1. The van der Waals surface area contributed by atoms with Crippen LogP contribution in [0.3, 0.4) is 0 Å². The molecule has 37 heavy (non-hydrogen) atoms.